The third-order valence-corrected chi connectivity index (χ3v) is 7.43. The van der Waals surface area contributed by atoms with E-state index in [-0.39, 0.29) is 18.0 Å². The van der Waals surface area contributed by atoms with E-state index >= 15 is 0 Å². The van der Waals surface area contributed by atoms with Gasteiger partial charge in [-0.05, 0) is 62.4 Å². The fraction of sp³-hybridized carbons (Fsp3) is 0.310. The van der Waals surface area contributed by atoms with Gasteiger partial charge in [-0.25, -0.2) is 4.79 Å². The predicted molar refractivity (Wildman–Crippen MR) is 136 cm³/mol. The Morgan fingerprint density at radius 1 is 0.882 bits per heavy atom. The van der Waals surface area contributed by atoms with Gasteiger partial charge in [0.25, 0.3) is 0 Å². The fourth-order valence-electron chi connectivity index (χ4n) is 5.77. The number of urea groups is 1. The number of piperidine rings is 1. The van der Waals surface area contributed by atoms with Crippen molar-refractivity contribution in [2.45, 2.75) is 39.7 Å². The summed E-state index contributed by atoms with van der Waals surface area (Å²) in [5.74, 6) is 0.165. The van der Waals surface area contributed by atoms with Crippen molar-refractivity contribution in [2.75, 3.05) is 23.3 Å². The van der Waals surface area contributed by atoms with Gasteiger partial charge in [-0.2, -0.15) is 0 Å². The summed E-state index contributed by atoms with van der Waals surface area (Å²) in [5, 5.41) is 3.12. The van der Waals surface area contributed by atoms with Crippen LogP contribution in [0.2, 0.25) is 0 Å². The number of hydrogen-bond donors (Lipinski definition) is 1. The minimum atomic E-state index is -0.469. The summed E-state index contributed by atoms with van der Waals surface area (Å²) >= 11 is 0. The Labute approximate surface area is 201 Å². The van der Waals surface area contributed by atoms with Gasteiger partial charge in [-0.1, -0.05) is 66.2 Å². The molecule has 5 heteroatoms. The summed E-state index contributed by atoms with van der Waals surface area (Å²) in [6, 6.07) is 24.2. The van der Waals surface area contributed by atoms with Gasteiger partial charge >= 0.3 is 6.03 Å². The first-order valence-corrected chi connectivity index (χ1v) is 12.0. The lowest BCUT2D eigenvalue weighted by Gasteiger charge is -2.59. The fourth-order valence-corrected chi connectivity index (χ4v) is 5.77. The van der Waals surface area contributed by atoms with Gasteiger partial charge in [0.1, 0.15) is 0 Å². The quantitative estimate of drug-likeness (QED) is 0.494. The van der Waals surface area contributed by atoms with Crippen LogP contribution in [0.4, 0.5) is 16.2 Å². The Morgan fingerprint density at radius 2 is 1.44 bits per heavy atom. The van der Waals surface area contributed by atoms with Crippen LogP contribution >= 0.6 is 0 Å². The molecular weight excluding hydrogens is 422 g/mol. The third kappa shape index (κ3) is 3.65. The molecule has 0 aliphatic carbocycles. The van der Waals surface area contributed by atoms with Crippen LogP contribution in [-0.2, 0) is 4.79 Å². The van der Waals surface area contributed by atoms with Gasteiger partial charge in [0.05, 0.1) is 11.5 Å². The number of likely N-dealkylation sites (tertiary alicyclic amines) is 1. The highest BCUT2D eigenvalue weighted by atomic mass is 16.2. The molecule has 0 aromatic heterocycles. The first-order valence-electron chi connectivity index (χ1n) is 12.0. The number of β-lactam (4-membered cyclic amide) rings is 1. The molecule has 5 rings (SSSR count). The number of anilines is 2. The smallest absolute Gasteiger partial charge is 0.321 e. The highest BCUT2D eigenvalue weighted by Crippen LogP contribution is 2.57. The van der Waals surface area contributed by atoms with E-state index in [9.17, 15) is 9.59 Å². The van der Waals surface area contributed by atoms with Gasteiger partial charge < -0.3 is 15.1 Å². The van der Waals surface area contributed by atoms with Crippen molar-refractivity contribution >= 4 is 23.3 Å². The molecule has 2 saturated heterocycles. The lowest BCUT2D eigenvalue weighted by molar-refractivity contribution is -0.144. The van der Waals surface area contributed by atoms with Crippen LogP contribution in [0.15, 0.2) is 72.8 Å². The molecule has 1 spiro atoms. The lowest BCUT2D eigenvalue weighted by atomic mass is 9.62. The van der Waals surface area contributed by atoms with Crippen LogP contribution in [0.1, 0.15) is 41.1 Å². The lowest BCUT2D eigenvalue weighted by Crippen LogP contribution is -2.67. The molecule has 174 valence electrons. The van der Waals surface area contributed by atoms with E-state index < -0.39 is 5.41 Å². The number of para-hydroxylation sites is 1. The number of nitrogens with zero attached hydrogens (tertiary/aromatic N) is 2. The molecule has 1 N–H and O–H groups in total. The van der Waals surface area contributed by atoms with E-state index in [1.807, 2.05) is 72.2 Å². The summed E-state index contributed by atoms with van der Waals surface area (Å²) in [6.07, 6.45) is 1.32. The zero-order valence-electron chi connectivity index (χ0n) is 20.0. The average molecular weight is 454 g/mol. The Kier molecular flexibility index (Phi) is 5.64. The largest absolute Gasteiger partial charge is 0.324 e. The zero-order valence-corrected chi connectivity index (χ0v) is 20.0. The second-order valence-electron chi connectivity index (χ2n) is 9.67. The van der Waals surface area contributed by atoms with E-state index in [2.05, 4.69) is 36.5 Å². The summed E-state index contributed by atoms with van der Waals surface area (Å²) in [4.78, 5) is 30.5. The number of carbonyl (C=O) groups excluding carboxylic acids is 2. The number of benzene rings is 3. The summed E-state index contributed by atoms with van der Waals surface area (Å²) in [6.45, 7) is 7.24. The van der Waals surface area contributed by atoms with Gasteiger partial charge in [-0.3, -0.25) is 4.79 Å². The average Bonchev–Trinajstić information content (AvgIpc) is 2.85. The number of rotatable bonds is 3. The van der Waals surface area contributed by atoms with E-state index in [0.717, 1.165) is 28.1 Å². The highest BCUT2D eigenvalue weighted by molar-refractivity contribution is 6.06. The number of hydrogen-bond acceptors (Lipinski definition) is 2. The maximum Gasteiger partial charge on any atom is 0.321 e. The van der Waals surface area contributed by atoms with Gasteiger partial charge in [0.2, 0.25) is 5.91 Å². The maximum absolute atomic E-state index is 13.6. The number of amides is 3. The second kappa shape index (κ2) is 8.64. The Hall–Kier alpha value is -3.60. The van der Waals surface area contributed by atoms with Crippen molar-refractivity contribution in [2.24, 2.45) is 5.41 Å². The van der Waals surface area contributed by atoms with Crippen LogP contribution in [0.25, 0.3) is 0 Å². The summed E-state index contributed by atoms with van der Waals surface area (Å²) in [7, 11) is 0. The van der Waals surface area contributed by atoms with Crippen molar-refractivity contribution in [3.63, 3.8) is 0 Å². The van der Waals surface area contributed by atoms with Crippen molar-refractivity contribution in [3.05, 3.63) is 95.1 Å². The molecular formula is C29H31N3O2. The minimum Gasteiger partial charge on any atom is -0.324 e. The number of nitrogens with one attached hydrogen (secondary N) is 1. The van der Waals surface area contributed by atoms with Crippen LogP contribution in [0.3, 0.4) is 0 Å². The topological polar surface area (TPSA) is 52.7 Å². The van der Waals surface area contributed by atoms with Gasteiger partial charge in [0, 0.05) is 24.5 Å². The standard InChI is InChI=1S/C29H31N3O2/c1-20-18-21(2)25(22(3)19-20)30-28(34)31-16-14-29(15-17-31)26(23-10-6-4-7-11-23)32(27(29)33)24-12-8-5-9-13-24/h4-13,18-19,26H,14-17H2,1-3H3,(H,30,34). The first kappa shape index (κ1) is 22.2. The SMILES string of the molecule is Cc1cc(C)c(NC(=O)N2CCC3(CC2)C(=O)N(c2ccccc2)C3c2ccccc2)c(C)c1. The molecule has 0 bridgehead atoms. The van der Waals surface area contributed by atoms with E-state index in [1.54, 1.807) is 0 Å². The zero-order chi connectivity index (χ0) is 23.9. The van der Waals surface area contributed by atoms with Crippen molar-refractivity contribution in [1.82, 2.24) is 4.90 Å². The third-order valence-electron chi connectivity index (χ3n) is 7.43. The van der Waals surface area contributed by atoms with Crippen molar-refractivity contribution in [3.8, 4) is 0 Å². The predicted octanol–water partition coefficient (Wildman–Crippen LogP) is 6.01. The molecule has 2 aliphatic heterocycles. The first-order chi connectivity index (χ1) is 16.4. The molecule has 0 radical (unpaired) electrons. The minimum absolute atomic E-state index is 0.0181. The molecule has 2 aliphatic rings. The normalized spacial score (nSPS) is 19.1. The summed E-state index contributed by atoms with van der Waals surface area (Å²) in [5.41, 5.74) is 5.81. The van der Waals surface area contributed by atoms with Crippen molar-refractivity contribution in [1.29, 1.82) is 0 Å². The molecule has 34 heavy (non-hydrogen) atoms. The second-order valence-corrected chi connectivity index (χ2v) is 9.67. The Bertz CT molecular complexity index is 1190. The van der Waals surface area contributed by atoms with Crippen molar-refractivity contribution < 1.29 is 9.59 Å². The molecule has 2 heterocycles. The maximum atomic E-state index is 13.6. The highest BCUT2D eigenvalue weighted by Gasteiger charge is 2.62. The number of aryl methyl sites for hydroxylation is 3. The Morgan fingerprint density at radius 3 is 2.03 bits per heavy atom. The van der Waals surface area contributed by atoms with Crippen LogP contribution < -0.4 is 10.2 Å². The van der Waals surface area contributed by atoms with E-state index in [0.29, 0.717) is 25.9 Å². The molecule has 3 aromatic carbocycles. The molecule has 3 aromatic rings. The summed E-state index contributed by atoms with van der Waals surface area (Å²) < 4.78 is 0. The number of carbonyl (C=O) groups is 2. The van der Waals surface area contributed by atoms with Crippen LogP contribution in [0.5, 0.6) is 0 Å². The van der Waals surface area contributed by atoms with Gasteiger partial charge in [0.15, 0.2) is 0 Å². The molecule has 1 atom stereocenters. The van der Waals surface area contributed by atoms with E-state index in [4.69, 9.17) is 0 Å². The molecule has 5 nitrogen and oxygen atoms in total. The Balaban J connectivity index is 1.36. The van der Waals surface area contributed by atoms with Crippen LogP contribution in [0, 0.1) is 26.2 Å². The van der Waals surface area contributed by atoms with Crippen LogP contribution in [-0.4, -0.2) is 29.9 Å². The molecule has 0 saturated carbocycles. The monoisotopic (exact) mass is 453 g/mol. The molecule has 3 amide bonds. The van der Waals surface area contributed by atoms with E-state index in [1.165, 1.54) is 5.56 Å². The van der Waals surface area contributed by atoms with Gasteiger partial charge in [-0.15, -0.1) is 0 Å². The molecule has 2 fully saturated rings. The molecule has 1 unspecified atom stereocenters.